The summed E-state index contributed by atoms with van der Waals surface area (Å²) >= 11 is 0. The van der Waals surface area contributed by atoms with Crippen LogP contribution in [-0.2, 0) is 0 Å². The lowest BCUT2D eigenvalue weighted by Crippen LogP contribution is -2.15. The van der Waals surface area contributed by atoms with Crippen LogP contribution >= 0.6 is 0 Å². The van der Waals surface area contributed by atoms with Gasteiger partial charge in [-0.25, -0.2) is 4.98 Å². The molecule has 2 N–H and O–H groups in total. The monoisotopic (exact) mass is 359 g/mol. The minimum Gasteiger partial charge on any atom is -0.493 e. The molecule has 2 rings (SSSR count). The fourth-order valence-corrected chi connectivity index (χ4v) is 2.34. The van der Waals surface area contributed by atoms with E-state index in [1.165, 1.54) is 21.3 Å². The van der Waals surface area contributed by atoms with Gasteiger partial charge in [0.15, 0.2) is 11.5 Å². The first-order valence-corrected chi connectivity index (χ1v) is 8.36. The SMILES string of the molecule is CCC(C)Nc1ccc(NC(=O)c2cc(OC)c(OC)c(OC)c2)nc1. The number of methoxy groups -OCH3 is 3. The molecule has 1 aromatic carbocycles. The number of aromatic nitrogens is 1. The smallest absolute Gasteiger partial charge is 0.257 e. The van der Waals surface area contributed by atoms with E-state index in [0.29, 0.717) is 34.7 Å². The first-order valence-electron chi connectivity index (χ1n) is 8.36. The van der Waals surface area contributed by atoms with Gasteiger partial charge < -0.3 is 24.8 Å². The van der Waals surface area contributed by atoms with Gasteiger partial charge in [0.2, 0.25) is 5.75 Å². The molecule has 1 unspecified atom stereocenters. The zero-order valence-electron chi connectivity index (χ0n) is 15.8. The van der Waals surface area contributed by atoms with Gasteiger partial charge >= 0.3 is 0 Å². The van der Waals surface area contributed by atoms with E-state index in [1.807, 2.05) is 6.07 Å². The van der Waals surface area contributed by atoms with E-state index in [1.54, 1.807) is 24.4 Å². The van der Waals surface area contributed by atoms with Crippen molar-refractivity contribution in [1.82, 2.24) is 4.98 Å². The normalized spacial score (nSPS) is 11.4. The Hall–Kier alpha value is -2.96. The lowest BCUT2D eigenvalue weighted by Gasteiger charge is -2.14. The fraction of sp³-hybridized carbons (Fsp3) is 0.368. The van der Waals surface area contributed by atoms with Crippen LogP contribution in [0.4, 0.5) is 11.5 Å². The zero-order valence-corrected chi connectivity index (χ0v) is 15.8. The van der Waals surface area contributed by atoms with Gasteiger partial charge in [0.1, 0.15) is 5.82 Å². The molecule has 0 radical (unpaired) electrons. The summed E-state index contributed by atoms with van der Waals surface area (Å²) in [6.45, 7) is 4.21. The Morgan fingerprint density at radius 3 is 2.23 bits per heavy atom. The van der Waals surface area contributed by atoms with Crippen molar-refractivity contribution in [2.75, 3.05) is 32.0 Å². The van der Waals surface area contributed by atoms with E-state index in [0.717, 1.165) is 12.1 Å². The van der Waals surface area contributed by atoms with E-state index in [2.05, 4.69) is 29.5 Å². The van der Waals surface area contributed by atoms with Crippen molar-refractivity contribution in [1.29, 1.82) is 0 Å². The van der Waals surface area contributed by atoms with Crippen molar-refractivity contribution in [2.24, 2.45) is 0 Å². The van der Waals surface area contributed by atoms with E-state index in [9.17, 15) is 4.79 Å². The average Bonchev–Trinajstić information content (AvgIpc) is 2.67. The van der Waals surface area contributed by atoms with Crippen molar-refractivity contribution < 1.29 is 19.0 Å². The number of rotatable bonds is 8. The summed E-state index contributed by atoms with van der Waals surface area (Å²) in [4.78, 5) is 16.8. The highest BCUT2D eigenvalue weighted by Crippen LogP contribution is 2.38. The maximum Gasteiger partial charge on any atom is 0.257 e. The van der Waals surface area contributed by atoms with Crippen LogP contribution in [0.25, 0.3) is 0 Å². The minimum absolute atomic E-state index is 0.320. The molecule has 1 aromatic heterocycles. The van der Waals surface area contributed by atoms with E-state index < -0.39 is 0 Å². The second-order valence-corrected chi connectivity index (χ2v) is 5.75. The van der Waals surface area contributed by atoms with Gasteiger partial charge in [0.05, 0.1) is 33.2 Å². The summed E-state index contributed by atoms with van der Waals surface area (Å²) in [5.74, 6) is 1.40. The predicted molar refractivity (Wildman–Crippen MR) is 102 cm³/mol. The molecule has 1 amide bonds. The van der Waals surface area contributed by atoms with Crippen molar-refractivity contribution >= 4 is 17.4 Å². The standard InChI is InChI=1S/C19H25N3O4/c1-6-12(2)21-14-7-8-17(20-11-14)22-19(23)13-9-15(24-3)18(26-5)16(10-13)25-4/h7-12,21H,6H2,1-5H3,(H,20,22,23). The van der Waals surface area contributed by atoms with Crippen molar-refractivity contribution in [3.8, 4) is 17.2 Å². The quantitative estimate of drug-likeness (QED) is 0.750. The highest BCUT2D eigenvalue weighted by molar-refractivity contribution is 6.04. The summed E-state index contributed by atoms with van der Waals surface area (Å²) in [5.41, 5.74) is 1.29. The first kappa shape index (κ1) is 19.4. The Labute approximate surface area is 153 Å². The Kier molecular flexibility index (Phi) is 6.66. The van der Waals surface area contributed by atoms with E-state index in [4.69, 9.17) is 14.2 Å². The van der Waals surface area contributed by atoms with Gasteiger partial charge in [-0.2, -0.15) is 0 Å². The number of amides is 1. The summed E-state index contributed by atoms with van der Waals surface area (Å²) in [7, 11) is 4.52. The summed E-state index contributed by atoms with van der Waals surface area (Å²) < 4.78 is 15.8. The van der Waals surface area contributed by atoms with Crippen LogP contribution in [0.1, 0.15) is 30.6 Å². The molecular formula is C19H25N3O4. The second-order valence-electron chi connectivity index (χ2n) is 5.75. The minimum atomic E-state index is -0.320. The van der Waals surface area contributed by atoms with Gasteiger partial charge in [0, 0.05) is 11.6 Å². The number of hydrogen-bond donors (Lipinski definition) is 2. The molecule has 0 saturated carbocycles. The molecule has 0 spiro atoms. The van der Waals surface area contributed by atoms with E-state index in [-0.39, 0.29) is 5.91 Å². The van der Waals surface area contributed by atoms with Crippen molar-refractivity contribution in [3.05, 3.63) is 36.0 Å². The van der Waals surface area contributed by atoms with Crippen molar-refractivity contribution in [3.63, 3.8) is 0 Å². The third kappa shape index (κ3) is 4.56. The number of nitrogens with zero attached hydrogens (tertiary/aromatic N) is 1. The summed E-state index contributed by atoms with van der Waals surface area (Å²) in [5, 5.41) is 6.09. The van der Waals surface area contributed by atoms with Crippen LogP contribution in [0.3, 0.4) is 0 Å². The number of nitrogens with one attached hydrogen (secondary N) is 2. The molecule has 0 aliphatic rings. The molecule has 1 heterocycles. The van der Waals surface area contributed by atoms with Crippen LogP contribution in [0.2, 0.25) is 0 Å². The maximum atomic E-state index is 12.5. The Bertz CT molecular complexity index is 722. The highest BCUT2D eigenvalue weighted by Gasteiger charge is 2.17. The molecular weight excluding hydrogens is 334 g/mol. The van der Waals surface area contributed by atoms with Gasteiger partial charge in [0.25, 0.3) is 5.91 Å². The number of ether oxygens (including phenoxy) is 3. The van der Waals surface area contributed by atoms with Gasteiger partial charge in [-0.1, -0.05) is 6.92 Å². The number of anilines is 2. The fourth-order valence-electron chi connectivity index (χ4n) is 2.34. The molecule has 0 saturated heterocycles. The third-order valence-electron chi connectivity index (χ3n) is 3.96. The van der Waals surface area contributed by atoms with Crippen molar-refractivity contribution in [2.45, 2.75) is 26.3 Å². The van der Waals surface area contributed by atoms with Gasteiger partial charge in [-0.15, -0.1) is 0 Å². The molecule has 2 aromatic rings. The van der Waals surface area contributed by atoms with Crippen LogP contribution in [0.15, 0.2) is 30.5 Å². The van der Waals surface area contributed by atoms with Crippen LogP contribution in [0.5, 0.6) is 17.2 Å². The number of carbonyl (C=O) groups is 1. The molecule has 7 nitrogen and oxygen atoms in total. The number of benzene rings is 1. The largest absolute Gasteiger partial charge is 0.493 e. The van der Waals surface area contributed by atoms with Gasteiger partial charge in [-0.05, 0) is 37.6 Å². The molecule has 0 fully saturated rings. The molecule has 7 heteroatoms. The summed E-state index contributed by atoms with van der Waals surface area (Å²) in [6.07, 6.45) is 2.70. The van der Waals surface area contributed by atoms with Gasteiger partial charge in [-0.3, -0.25) is 4.79 Å². The third-order valence-corrected chi connectivity index (χ3v) is 3.96. The Morgan fingerprint density at radius 1 is 1.12 bits per heavy atom. The molecule has 0 aliphatic carbocycles. The predicted octanol–water partition coefficient (Wildman–Crippen LogP) is 3.57. The van der Waals surface area contributed by atoms with Crippen LogP contribution in [-0.4, -0.2) is 38.3 Å². The average molecular weight is 359 g/mol. The number of pyridine rings is 1. The Balaban J connectivity index is 2.17. The Morgan fingerprint density at radius 2 is 1.77 bits per heavy atom. The maximum absolute atomic E-state index is 12.5. The number of hydrogen-bond acceptors (Lipinski definition) is 6. The van der Waals surface area contributed by atoms with Crippen LogP contribution in [0, 0.1) is 0 Å². The molecule has 0 aliphatic heterocycles. The molecule has 0 bridgehead atoms. The highest BCUT2D eigenvalue weighted by atomic mass is 16.5. The number of carbonyl (C=O) groups excluding carboxylic acids is 1. The summed E-state index contributed by atoms with van der Waals surface area (Å²) in [6, 6.07) is 7.17. The molecule has 26 heavy (non-hydrogen) atoms. The first-order chi connectivity index (χ1) is 12.5. The molecule has 1 atom stereocenters. The lowest BCUT2D eigenvalue weighted by molar-refractivity contribution is 0.102. The zero-order chi connectivity index (χ0) is 19.1. The molecule has 140 valence electrons. The van der Waals surface area contributed by atoms with Crippen LogP contribution < -0.4 is 24.8 Å². The lowest BCUT2D eigenvalue weighted by atomic mass is 10.1. The second kappa shape index (κ2) is 8.94. The van der Waals surface area contributed by atoms with E-state index >= 15 is 0 Å². The topological polar surface area (TPSA) is 81.7 Å².